The number of rotatable bonds is 10. The van der Waals surface area contributed by atoms with E-state index < -0.39 is 12.0 Å². The van der Waals surface area contributed by atoms with Crippen LogP contribution in [-0.2, 0) is 33.5 Å². The van der Waals surface area contributed by atoms with Crippen molar-refractivity contribution in [2.45, 2.75) is 83.3 Å². The van der Waals surface area contributed by atoms with Gasteiger partial charge in [-0.05, 0) is 70.4 Å². The lowest BCUT2D eigenvalue weighted by Gasteiger charge is -2.39. The Balaban J connectivity index is 1.32. The standard InChI is InChI=1S/C24H37N3O5/c1-17-15-32-16-18(2)27(17)24(30)26-22(23(28)29)12-14-31-13-6-5-8-20-11-10-19-7-3-4-9-21(19)25-20/h10-11,17-18,22H,3-9,12-16H2,1-2H3,(H,26,30)(H,28,29)/t17-,18+,22-/m0/s1. The van der Waals surface area contributed by atoms with E-state index in [1.165, 1.54) is 24.1 Å². The van der Waals surface area contributed by atoms with Gasteiger partial charge in [-0.25, -0.2) is 9.59 Å². The highest BCUT2D eigenvalue weighted by atomic mass is 16.5. The fraction of sp³-hybridized carbons (Fsp3) is 0.708. The van der Waals surface area contributed by atoms with Crippen molar-refractivity contribution in [3.05, 3.63) is 29.1 Å². The van der Waals surface area contributed by atoms with Crippen molar-refractivity contribution in [2.24, 2.45) is 0 Å². The third-order valence-electron chi connectivity index (χ3n) is 6.26. The first-order valence-corrected chi connectivity index (χ1v) is 11.9. The maximum absolute atomic E-state index is 12.6. The number of carboxylic acids is 1. The van der Waals surface area contributed by atoms with Crippen LogP contribution in [0.3, 0.4) is 0 Å². The molecule has 1 saturated heterocycles. The molecule has 0 saturated carbocycles. The van der Waals surface area contributed by atoms with E-state index in [9.17, 15) is 14.7 Å². The van der Waals surface area contributed by atoms with Crippen LogP contribution in [0.5, 0.6) is 0 Å². The Kier molecular flexibility index (Phi) is 9.29. The van der Waals surface area contributed by atoms with Gasteiger partial charge in [-0.1, -0.05) is 6.07 Å². The highest BCUT2D eigenvalue weighted by Gasteiger charge is 2.32. The van der Waals surface area contributed by atoms with Crippen LogP contribution in [0.1, 0.15) is 62.9 Å². The van der Waals surface area contributed by atoms with Crippen molar-refractivity contribution in [3.63, 3.8) is 0 Å². The Morgan fingerprint density at radius 2 is 1.94 bits per heavy atom. The summed E-state index contributed by atoms with van der Waals surface area (Å²) in [5.74, 6) is -1.05. The summed E-state index contributed by atoms with van der Waals surface area (Å²) in [5.41, 5.74) is 3.82. The lowest BCUT2D eigenvalue weighted by molar-refractivity contribution is -0.139. The molecule has 2 amide bonds. The van der Waals surface area contributed by atoms with Crippen LogP contribution in [0, 0.1) is 0 Å². The zero-order chi connectivity index (χ0) is 22.9. The van der Waals surface area contributed by atoms with Gasteiger partial charge in [0.05, 0.1) is 25.3 Å². The molecule has 2 heterocycles. The van der Waals surface area contributed by atoms with Gasteiger partial charge < -0.3 is 24.8 Å². The van der Waals surface area contributed by atoms with Crippen molar-refractivity contribution >= 4 is 12.0 Å². The number of morpholine rings is 1. The van der Waals surface area contributed by atoms with Crippen LogP contribution in [0.4, 0.5) is 4.79 Å². The van der Waals surface area contributed by atoms with Gasteiger partial charge in [-0.15, -0.1) is 0 Å². The first-order chi connectivity index (χ1) is 15.5. The zero-order valence-corrected chi connectivity index (χ0v) is 19.3. The molecule has 1 aliphatic carbocycles. The number of hydrogen-bond donors (Lipinski definition) is 2. The Hall–Kier alpha value is -2.19. The van der Waals surface area contributed by atoms with Crippen LogP contribution in [0.25, 0.3) is 0 Å². The number of fused-ring (bicyclic) bond motifs is 1. The average molecular weight is 448 g/mol. The number of amides is 2. The van der Waals surface area contributed by atoms with E-state index in [4.69, 9.17) is 14.5 Å². The number of aryl methyl sites for hydroxylation is 3. The molecule has 3 atom stereocenters. The minimum atomic E-state index is -1.05. The van der Waals surface area contributed by atoms with Gasteiger partial charge >= 0.3 is 12.0 Å². The minimum absolute atomic E-state index is 0.0888. The highest BCUT2D eigenvalue weighted by Crippen LogP contribution is 2.20. The second-order valence-corrected chi connectivity index (χ2v) is 8.96. The molecule has 32 heavy (non-hydrogen) atoms. The van der Waals surface area contributed by atoms with Gasteiger partial charge in [0.25, 0.3) is 0 Å². The lowest BCUT2D eigenvalue weighted by Crippen LogP contribution is -2.58. The number of nitrogens with zero attached hydrogens (tertiary/aromatic N) is 2. The quantitative estimate of drug-likeness (QED) is 0.535. The average Bonchev–Trinajstić information content (AvgIpc) is 2.77. The third-order valence-corrected chi connectivity index (χ3v) is 6.26. The lowest BCUT2D eigenvalue weighted by atomic mass is 9.95. The maximum Gasteiger partial charge on any atom is 0.326 e. The predicted molar refractivity (Wildman–Crippen MR) is 121 cm³/mol. The number of ether oxygens (including phenoxy) is 2. The molecule has 0 radical (unpaired) electrons. The Morgan fingerprint density at radius 3 is 2.69 bits per heavy atom. The topological polar surface area (TPSA) is 101 Å². The molecule has 178 valence electrons. The zero-order valence-electron chi connectivity index (χ0n) is 19.3. The van der Waals surface area contributed by atoms with E-state index in [-0.39, 0.29) is 24.5 Å². The number of nitrogens with one attached hydrogen (secondary N) is 1. The molecule has 1 aromatic rings. The first-order valence-electron chi connectivity index (χ1n) is 11.9. The molecule has 1 aliphatic heterocycles. The van der Waals surface area contributed by atoms with Gasteiger partial charge in [0.2, 0.25) is 0 Å². The summed E-state index contributed by atoms with van der Waals surface area (Å²) < 4.78 is 11.1. The highest BCUT2D eigenvalue weighted by molar-refractivity contribution is 5.83. The van der Waals surface area contributed by atoms with Gasteiger partial charge in [-0.3, -0.25) is 4.98 Å². The molecule has 0 spiro atoms. The van der Waals surface area contributed by atoms with Crippen LogP contribution in [-0.4, -0.2) is 71.5 Å². The normalized spacial score (nSPS) is 21.6. The first kappa shape index (κ1) is 24.5. The molecule has 2 N–H and O–H groups in total. The molecule has 1 aromatic heterocycles. The number of carbonyl (C=O) groups excluding carboxylic acids is 1. The molecule has 8 nitrogen and oxygen atoms in total. The molecule has 0 bridgehead atoms. The Bertz CT molecular complexity index is 762. The van der Waals surface area contributed by atoms with Gasteiger partial charge in [0.15, 0.2) is 0 Å². The molecular formula is C24H37N3O5. The minimum Gasteiger partial charge on any atom is -0.480 e. The van der Waals surface area contributed by atoms with Crippen LogP contribution in [0.15, 0.2) is 12.1 Å². The Morgan fingerprint density at radius 1 is 1.19 bits per heavy atom. The number of aliphatic carboxylic acids is 1. The van der Waals surface area contributed by atoms with E-state index in [0.717, 1.165) is 37.8 Å². The molecular weight excluding hydrogens is 410 g/mol. The van der Waals surface area contributed by atoms with Crippen molar-refractivity contribution < 1.29 is 24.2 Å². The van der Waals surface area contributed by atoms with Crippen LogP contribution < -0.4 is 5.32 Å². The summed E-state index contributed by atoms with van der Waals surface area (Å²) in [6, 6.07) is 2.86. The number of unbranched alkanes of at least 4 members (excludes halogenated alkanes) is 1. The third kappa shape index (κ3) is 6.90. The SMILES string of the molecule is C[C@@H]1COC[C@H](C)N1C(=O)N[C@@H](CCOCCCCc1ccc2c(n1)CCCC2)C(=O)O. The van der Waals surface area contributed by atoms with Gasteiger partial charge in [0.1, 0.15) is 6.04 Å². The molecule has 0 unspecified atom stereocenters. The molecule has 8 heteroatoms. The molecule has 3 rings (SSSR count). The van der Waals surface area contributed by atoms with E-state index in [1.54, 1.807) is 4.90 Å². The summed E-state index contributed by atoms with van der Waals surface area (Å²) in [6.45, 7) is 5.58. The Labute approximate surface area is 190 Å². The number of pyridine rings is 1. The summed E-state index contributed by atoms with van der Waals surface area (Å²) in [4.78, 5) is 30.6. The van der Waals surface area contributed by atoms with Crippen molar-refractivity contribution in [1.29, 1.82) is 0 Å². The van der Waals surface area contributed by atoms with Crippen LogP contribution in [0.2, 0.25) is 0 Å². The number of hydrogen-bond acceptors (Lipinski definition) is 5. The van der Waals surface area contributed by atoms with E-state index in [0.29, 0.717) is 26.4 Å². The second kappa shape index (κ2) is 12.2. The molecule has 0 aromatic carbocycles. The summed E-state index contributed by atoms with van der Waals surface area (Å²) in [5, 5.41) is 12.1. The number of carboxylic acid groups (broad SMARTS) is 1. The summed E-state index contributed by atoms with van der Waals surface area (Å²) in [6.07, 6.45) is 7.79. The number of carbonyl (C=O) groups is 2. The smallest absolute Gasteiger partial charge is 0.326 e. The number of urea groups is 1. The fourth-order valence-electron chi connectivity index (χ4n) is 4.47. The fourth-order valence-corrected chi connectivity index (χ4v) is 4.47. The van der Waals surface area contributed by atoms with Gasteiger partial charge in [-0.2, -0.15) is 0 Å². The van der Waals surface area contributed by atoms with Gasteiger partial charge in [0, 0.05) is 31.0 Å². The monoisotopic (exact) mass is 447 g/mol. The van der Waals surface area contributed by atoms with Crippen molar-refractivity contribution in [1.82, 2.24) is 15.2 Å². The van der Waals surface area contributed by atoms with Crippen molar-refractivity contribution in [2.75, 3.05) is 26.4 Å². The van der Waals surface area contributed by atoms with Crippen LogP contribution >= 0.6 is 0 Å². The summed E-state index contributed by atoms with van der Waals surface area (Å²) in [7, 11) is 0. The van der Waals surface area contributed by atoms with E-state index >= 15 is 0 Å². The van der Waals surface area contributed by atoms with E-state index in [2.05, 4.69) is 17.4 Å². The maximum atomic E-state index is 12.6. The largest absolute Gasteiger partial charge is 0.480 e. The number of aromatic nitrogens is 1. The molecule has 1 fully saturated rings. The molecule has 2 aliphatic rings. The summed E-state index contributed by atoms with van der Waals surface area (Å²) >= 11 is 0. The predicted octanol–water partition coefficient (Wildman–Crippen LogP) is 2.96. The van der Waals surface area contributed by atoms with Crippen molar-refractivity contribution in [3.8, 4) is 0 Å². The second-order valence-electron chi connectivity index (χ2n) is 8.96. The van der Waals surface area contributed by atoms with E-state index in [1.807, 2.05) is 13.8 Å².